The van der Waals surface area contributed by atoms with E-state index in [1.165, 1.54) is 11.1 Å². The lowest BCUT2D eigenvalue weighted by Crippen LogP contribution is -2.29. The quantitative estimate of drug-likeness (QED) is 0.463. The van der Waals surface area contributed by atoms with Gasteiger partial charge in [-0.15, -0.1) is 0 Å². The molecule has 5 rings (SSSR count). The highest BCUT2D eigenvalue weighted by molar-refractivity contribution is 6.37. The Kier molecular flexibility index (Phi) is 3.79. The number of rotatable bonds is 2. The van der Waals surface area contributed by atoms with Crippen LogP contribution in [0.2, 0.25) is 5.02 Å². The molecule has 0 fully saturated rings. The van der Waals surface area contributed by atoms with Crippen LogP contribution >= 0.6 is 11.6 Å². The third-order valence-corrected chi connectivity index (χ3v) is 5.30. The van der Waals surface area contributed by atoms with Gasteiger partial charge in [0.25, 0.3) is 11.8 Å². The lowest BCUT2D eigenvalue weighted by molar-refractivity contribution is 0.0926. The van der Waals surface area contributed by atoms with Crippen molar-refractivity contribution >= 4 is 40.1 Å². The molecule has 7 heteroatoms. The van der Waals surface area contributed by atoms with Crippen molar-refractivity contribution in [2.24, 2.45) is 0 Å². The summed E-state index contributed by atoms with van der Waals surface area (Å²) in [7, 11) is 0. The molecule has 4 aromatic rings. The molecular formula is C22H15ClN4O2. The number of nitrogens with zero attached hydrogens (tertiary/aromatic N) is 4. The largest absolute Gasteiger partial charge is 0.268 e. The minimum atomic E-state index is -0.372. The van der Waals surface area contributed by atoms with Crippen molar-refractivity contribution in [1.29, 1.82) is 0 Å². The van der Waals surface area contributed by atoms with Crippen LogP contribution in [0.25, 0.3) is 16.7 Å². The Labute approximate surface area is 171 Å². The molecule has 0 N–H and O–H groups in total. The molecule has 0 aliphatic carbocycles. The number of hydrogen-bond donors (Lipinski definition) is 0. The molecule has 0 saturated carbocycles. The van der Waals surface area contributed by atoms with Gasteiger partial charge in [0.2, 0.25) is 0 Å². The van der Waals surface area contributed by atoms with E-state index in [-0.39, 0.29) is 11.8 Å². The fourth-order valence-corrected chi connectivity index (χ4v) is 3.85. The summed E-state index contributed by atoms with van der Waals surface area (Å²) in [5, 5.41) is 5.77. The summed E-state index contributed by atoms with van der Waals surface area (Å²) in [5.74, 6) is -0.731. The summed E-state index contributed by atoms with van der Waals surface area (Å²) >= 11 is 5.99. The van der Waals surface area contributed by atoms with Gasteiger partial charge in [-0.3, -0.25) is 9.59 Å². The molecule has 2 aromatic carbocycles. The SMILES string of the molecule is Cc1cccc(N2C(=O)c3cnc4c(c(C)nn4-c4ccc(Cl)cc4)c3C2=O)c1. The van der Waals surface area contributed by atoms with Crippen molar-refractivity contribution in [2.75, 3.05) is 4.90 Å². The molecule has 0 saturated heterocycles. The van der Waals surface area contributed by atoms with E-state index in [1.807, 2.05) is 44.2 Å². The fourth-order valence-electron chi connectivity index (χ4n) is 3.72. The van der Waals surface area contributed by atoms with Crippen LogP contribution in [-0.4, -0.2) is 26.6 Å². The first-order chi connectivity index (χ1) is 14.0. The van der Waals surface area contributed by atoms with Gasteiger partial charge in [0.1, 0.15) is 0 Å². The van der Waals surface area contributed by atoms with E-state index >= 15 is 0 Å². The summed E-state index contributed by atoms with van der Waals surface area (Å²) in [4.78, 5) is 32.0. The van der Waals surface area contributed by atoms with Crippen LogP contribution in [0.3, 0.4) is 0 Å². The third-order valence-electron chi connectivity index (χ3n) is 5.05. The summed E-state index contributed by atoms with van der Waals surface area (Å²) in [5.41, 5.74) is 4.08. The second-order valence-electron chi connectivity index (χ2n) is 7.00. The van der Waals surface area contributed by atoms with Crippen molar-refractivity contribution in [1.82, 2.24) is 14.8 Å². The second-order valence-corrected chi connectivity index (χ2v) is 7.44. The van der Waals surface area contributed by atoms with Crippen molar-refractivity contribution in [2.45, 2.75) is 13.8 Å². The topological polar surface area (TPSA) is 68.1 Å². The molecule has 2 amide bonds. The van der Waals surface area contributed by atoms with E-state index in [1.54, 1.807) is 22.9 Å². The van der Waals surface area contributed by atoms with E-state index in [4.69, 9.17) is 11.6 Å². The number of aryl methyl sites for hydroxylation is 2. The Bertz CT molecular complexity index is 1320. The van der Waals surface area contributed by atoms with Crippen molar-refractivity contribution in [3.63, 3.8) is 0 Å². The molecule has 1 aliphatic rings. The van der Waals surface area contributed by atoms with Crippen LogP contribution in [-0.2, 0) is 0 Å². The lowest BCUT2D eigenvalue weighted by Gasteiger charge is -2.14. The molecule has 0 spiro atoms. The molecule has 0 radical (unpaired) electrons. The van der Waals surface area contributed by atoms with Crippen LogP contribution in [0.1, 0.15) is 32.0 Å². The molecule has 1 aliphatic heterocycles. The monoisotopic (exact) mass is 402 g/mol. The van der Waals surface area contributed by atoms with Crippen LogP contribution in [0.4, 0.5) is 5.69 Å². The summed E-state index contributed by atoms with van der Waals surface area (Å²) in [6.07, 6.45) is 1.46. The summed E-state index contributed by atoms with van der Waals surface area (Å²) in [6, 6.07) is 14.5. The normalized spacial score (nSPS) is 13.4. The lowest BCUT2D eigenvalue weighted by atomic mass is 10.1. The second kappa shape index (κ2) is 6.25. The number of fused-ring (bicyclic) bond motifs is 3. The van der Waals surface area contributed by atoms with E-state index in [0.717, 1.165) is 11.3 Å². The maximum Gasteiger partial charge on any atom is 0.267 e. The number of carbonyl (C=O) groups excluding carboxylic acids is 2. The number of amides is 2. The highest BCUT2D eigenvalue weighted by atomic mass is 35.5. The van der Waals surface area contributed by atoms with Gasteiger partial charge in [0.15, 0.2) is 5.65 Å². The van der Waals surface area contributed by atoms with Crippen LogP contribution in [0, 0.1) is 13.8 Å². The first-order valence-electron chi connectivity index (χ1n) is 9.05. The molecule has 2 aromatic heterocycles. The first-order valence-corrected chi connectivity index (χ1v) is 9.43. The number of hydrogen-bond acceptors (Lipinski definition) is 4. The first kappa shape index (κ1) is 17.6. The summed E-state index contributed by atoms with van der Waals surface area (Å²) < 4.78 is 1.66. The van der Waals surface area contributed by atoms with E-state index in [0.29, 0.717) is 38.6 Å². The zero-order chi connectivity index (χ0) is 20.3. The van der Waals surface area contributed by atoms with E-state index < -0.39 is 0 Å². The van der Waals surface area contributed by atoms with Gasteiger partial charge in [-0.25, -0.2) is 14.6 Å². The number of pyridine rings is 1. The number of imide groups is 1. The number of aromatic nitrogens is 3. The Hall–Kier alpha value is -3.51. The number of benzene rings is 2. The standard InChI is InChI=1S/C22H15ClN4O2/c1-12-4-3-5-16(10-12)26-21(28)17-11-24-20-18(19(17)22(26)29)13(2)25-27(20)15-8-6-14(23)7-9-15/h3-11H,1-2H3. The minimum absolute atomic E-state index is 0.294. The van der Waals surface area contributed by atoms with Crippen LogP contribution in [0.5, 0.6) is 0 Å². The average Bonchev–Trinajstić information content (AvgIpc) is 3.17. The molecule has 0 bridgehead atoms. The molecular weight excluding hydrogens is 388 g/mol. The summed E-state index contributed by atoms with van der Waals surface area (Å²) in [6.45, 7) is 3.73. The average molecular weight is 403 g/mol. The third kappa shape index (κ3) is 2.57. The zero-order valence-electron chi connectivity index (χ0n) is 15.7. The van der Waals surface area contributed by atoms with Gasteiger partial charge >= 0.3 is 0 Å². The Balaban J connectivity index is 1.71. The smallest absolute Gasteiger partial charge is 0.267 e. The van der Waals surface area contributed by atoms with Crippen LogP contribution < -0.4 is 4.90 Å². The molecule has 142 valence electrons. The zero-order valence-corrected chi connectivity index (χ0v) is 16.4. The maximum absolute atomic E-state index is 13.3. The van der Waals surface area contributed by atoms with Gasteiger partial charge in [-0.2, -0.15) is 5.10 Å². The fraction of sp³-hybridized carbons (Fsp3) is 0.0909. The maximum atomic E-state index is 13.3. The predicted octanol–water partition coefficient (Wildman–Crippen LogP) is 4.49. The Morgan fingerprint density at radius 1 is 0.931 bits per heavy atom. The van der Waals surface area contributed by atoms with Gasteiger partial charge in [0.05, 0.1) is 33.6 Å². The van der Waals surface area contributed by atoms with Crippen LogP contribution in [0.15, 0.2) is 54.7 Å². The van der Waals surface area contributed by atoms with Crippen molar-refractivity contribution in [3.8, 4) is 5.69 Å². The number of carbonyl (C=O) groups is 2. The highest BCUT2D eigenvalue weighted by Crippen LogP contribution is 2.34. The van der Waals surface area contributed by atoms with E-state index in [9.17, 15) is 9.59 Å². The van der Waals surface area contributed by atoms with Crippen molar-refractivity contribution < 1.29 is 9.59 Å². The van der Waals surface area contributed by atoms with E-state index in [2.05, 4.69) is 10.1 Å². The Morgan fingerprint density at radius 2 is 1.69 bits per heavy atom. The van der Waals surface area contributed by atoms with Gasteiger partial charge < -0.3 is 0 Å². The van der Waals surface area contributed by atoms with Crippen molar-refractivity contribution in [3.05, 3.63) is 82.1 Å². The number of anilines is 1. The predicted molar refractivity (Wildman–Crippen MR) is 111 cm³/mol. The minimum Gasteiger partial charge on any atom is -0.268 e. The van der Waals surface area contributed by atoms with Gasteiger partial charge in [0, 0.05) is 11.2 Å². The molecule has 0 atom stereocenters. The molecule has 29 heavy (non-hydrogen) atoms. The van der Waals surface area contributed by atoms with Gasteiger partial charge in [-0.1, -0.05) is 23.7 Å². The molecule has 6 nitrogen and oxygen atoms in total. The molecule has 3 heterocycles. The highest BCUT2D eigenvalue weighted by Gasteiger charge is 2.40. The number of halogens is 1. The molecule has 0 unspecified atom stereocenters. The Morgan fingerprint density at radius 3 is 2.41 bits per heavy atom. The van der Waals surface area contributed by atoms with Gasteiger partial charge in [-0.05, 0) is 55.8 Å².